The first-order chi connectivity index (χ1) is 9.67. The Bertz CT molecular complexity index is 512. The Balaban J connectivity index is 2.90. The van der Waals surface area contributed by atoms with E-state index in [0.717, 1.165) is 12.5 Å². The molecule has 0 aromatic heterocycles. The number of ether oxygens (including phenoxy) is 2. The highest BCUT2D eigenvalue weighted by atomic mass is 16.5. The molecule has 0 saturated heterocycles. The van der Waals surface area contributed by atoms with E-state index in [2.05, 4.69) is 5.92 Å². The number of terminal acetylenes is 1. The van der Waals surface area contributed by atoms with Crippen molar-refractivity contribution in [1.82, 2.24) is 0 Å². The molecule has 0 unspecified atom stereocenters. The van der Waals surface area contributed by atoms with E-state index in [0.29, 0.717) is 36.7 Å². The van der Waals surface area contributed by atoms with Crippen molar-refractivity contribution in [3.8, 4) is 23.8 Å². The average Bonchev–Trinajstić information content (AvgIpc) is 2.44. The van der Waals surface area contributed by atoms with Crippen LogP contribution >= 0.6 is 0 Å². The summed E-state index contributed by atoms with van der Waals surface area (Å²) in [4.78, 5) is 10.6. The van der Waals surface area contributed by atoms with Crippen LogP contribution in [-0.4, -0.2) is 24.3 Å². The van der Waals surface area contributed by atoms with Gasteiger partial charge in [0.1, 0.15) is 11.5 Å². The summed E-state index contributed by atoms with van der Waals surface area (Å²) < 4.78 is 11.1. The third-order valence-electron chi connectivity index (χ3n) is 2.37. The molecule has 0 aliphatic rings. The Hall–Kier alpha value is -2.41. The molecule has 20 heavy (non-hydrogen) atoms. The summed E-state index contributed by atoms with van der Waals surface area (Å²) in [6.07, 6.45) is 9.13. The summed E-state index contributed by atoms with van der Waals surface area (Å²) in [6, 6.07) is 5.29. The lowest BCUT2D eigenvalue weighted by Gasteiger charge is -2.11. The maximum atomic E-state index is 10.6. The molecule has 1 aromatic carbocycles. The maximum Gasteiger partial charge on any atom is 0.328 e. The molecule has 0 aliphatic heterocycles. The summed E-state index contributed by atoms with van der Waals surface area (Å²) in [7, 11) is 0. The zero-order valence-electron chi connectivity index (χ0n) is 11.5. The van der Waals surface area contributed by atoms with Gasteiger partial charge in [0.05, 0.1) is 13.2 Å². The quantitative estimate of drug-likeness (QED) is 0.450. The zero-order chi connectivity index (χ0) is 14.8. The van der Waals surface area contributed by atoms with E-state index in [4.69, 9.17) is 21.0 Å². The van der Waals surface area contributed by atoms with Gasteiger partial charge in [-0.2, -0.15) is 0 Å². The third-order valence-corrected chi connectivity index (χ3v) is 2.37. The van der Waals surface area contributed by atoms with Gasteiger partial charge in [0, 0.05) is 24.1 Å². The monoisotopic (exact) mass is 274 g/mol. The first-order valence-corrected chi connectivity index (χ1v) is 6.41. The number of carboxylic acids is 1. The van der Waals surface area contributed by atoms with Crippen molar-refractivity contribution in [2.45, 2.75) is 19.8 Å². The number of hydrogen-bond donors (Lipinski definition) is 1. The lowest BCUT2D eigenvalue weighted by molar-refractivity contribution is -0.131. The van der Waals surface area contributed by atoms with Gasteiger partial charge in [-0.05, 0) is 24.6 Å². The van der Waals surface area contributed by atoms with Gasteiger partial charge < -0.3 is 14.6 Å². The van der Waals surface area contributed by atoms with E-state index in [1.165, 1.54) is 6.08 Å². The highest BCUT2D eigenvalue weighted by molar-refractivity contribution is 5.86. The third kappa shape index (κ3) is 5.49. The molecule has 4 heteroatoms. The predicted molar refractivity (Wildman–Crippen MR) is 77.8 cm³/mol. The van der Waals surface area contributed by atoms with Crippen LogP contribution in [0, 0.1) is 12.3 Å². The Labute approximate surface area is 119 Å². The molecule has 1 rings (SSSR count). The molecule has 0 saturated carbocycles. The Kier molecular flexibility index (Phi) is 6.77. The minimum absolute atomic E-state index is 0.377. The second kappa shape index (κ2) is 8.65. The van der Waals surface area contributed by atoms with Crippen LogP contribution in [0.4, 0.5) is 0 Å². The molecule has 0 bridgehead atoms. The summed E-state index contributed by atoms with van der Waals surface area (Å²) in [6.45, 7) is 3.02. The van der Waals surface area contributed by atoms with Gasteiger partial charge in [-0.25, -0.2) is 4.79 Å². The fourth-order valence-corrected chi connectivity index (χ4v) is 1.47. The van der Waals surface area contributed by atoms with Crippen LogP contribution in [0.1, 0.15) is 25.3 Å². The van der Waals surface area contributed by atoms with E-state index in [9.17, 15) is 4.79 Å². The van der Waals surface area contributed by atoms with Gasteiger partial charge in [-0.15, -0.1) is 12.3 Å². The van der Waals surface area contributed by atoms with Crippen molar-refractivity contribution in [3.05, 3.63) is 29.8 Å². The average molecular weight is 274 g/mol. The van der Waals surface area contributed by atoms with E-state index >= 15 is 0 Å². The molecule has 0 amide bonds. The smallest absolute Gasteiger partial charge is 0.328 e. The Morgan fingerprint density at radius 2 is 2.20 bits per heavy atom. The second-order valence-electron chi connectivity index (χ2n) is 4.02. The lowest BCUT2D eigenvalue weighted by atomic mass is 10.1. The topological polar surface area (TPSA) is 55.8 Å². The number of rotatable bonds is 8. The molecular weight excluding hydrogens is 256 g/mol. The summed E-state index contributed by atoms with van der Waals surface area (Å²) in [5, 5.41) is 8.67. The SMILES string of the molecule is C#CCCOc1cc(OCCC)ccc1/C=C/C(=O)O. The molecule has 0 heterocycles. The van der Waals surface area contributed by atoms with Gasteiger partial charge in [0.2, 0.25) is 0 Å². The van der Waals surface area contributed by atoms with Gasteiger partial charge in [0.25, 0.3) is 0 Å². The minimum Gasteiger partial charge on any atom is -0.493 e. The maximum absolute atomic E-state index is 10.6. The van der Waals surface area contributed by atoms with Gasteiger partial charge in [-0.3, -0.25) is 0 Å². The summed E-state index contributed by atoms with van der Waals surface area (Å²) in [5.74, 6) is 2.73. The van der Waals surface area contributed by atoms with Crippen LogP contribution in [-0.2, 0) is 4.79 Å². The van der Waals surface area contributed by atoms with E-state index in [1.54, 1.807) is 18.2 Å². The summed E-state index contributed by atoms with van der Waals surface area (Å²) >= 11 is 0. The number of carbonyl (C=O) groups is 1. The first-order valence-electron chi connectivity index (χ1n) is 6.41. The molecule has 0 radical (unpaired) electrons. The van der Waals surface area contributed by atoms with Crippen molar-refractivity contribution in [1.29, 1.82) is 0 Å². The molecule has 0 fully saturated rings. The molecule has 1 aromatic rings. The lowest BCUT2D eigenvalue weighted by Crippen LogP contribution is -2.00. The zero-order valence-corrected chi connectivity index (χ0v) is 11.5. The molecule has 1 N–H and O–H groups in total. The molecule has 0 spiro atoms. The van der Waals surface area contributed by atoms with E-state index < -0.39 is 5.97 Å². The fourth-order valence-electron chi connectivity index (χ4n) is 1.47. The van der Waals surface area contributed by atoms with Crippen LogP contribution in [0.25, 0.3) is 6.08 Å². The van der Waals surface area contributed by atoms with Crippen molar-refractivity contribution in [2.24, 2.45) is 0 Å². The second-order valence-corrected chi connectivity index (χ2v) is 4.02. The predicted octanol–water partition coefficient (Wildman–Crippen LogP) is 2.98. The number of benzene rings is 1. The number of aliphatic carboxylic acids is 1. The first kappa shape index (κ1) is 15.6. The highest BCUT2D eigenvalue weighted by Crippen LogP contribution is 2.26. The standard InChI is InChI=1S/C16H18O4/c1-3-5-11-20-15-12-14(19-10-4-2)8-6-13(15)7-9-16(17)18/h1,6-9,12H,4-5,10-11H2,2H3,(H,17,18)/b9-7+. The van der Waals surface area contributed by atoms with Crippen LogP contribution in [0.5, 0.6) is 11.5 Å². The van der Waals surface area contributed by atoms with Crippen molar-refractivity contribution in [3.63, 3.8) is 0 Å². The number of carboxylic acid groups (broad SMARTS) is 1. The van der Waals surface area contributed by atoms with Crippen LogP contribution in [0.15, 0.2) is 24.3 Å². The molecular formula is C16H18O4. The number of hydrogen-bond acceptors (Lipinski definition) is 3. The fraction of sp³-hybridized carbons (Fsp3) is 0.312. The Morgan fingerprint density at radius 3 is 2.85 bits per heavy atom. The van der Waals surface area contributed by atoms with Crippen LogP contribution < -0.4 is 9.47 Å². The normalized spacial score (nSPS) is 10.2. The molecule has 106 valence electrons. The van der Waals surface area contributed by atoms with Crippen molar-refractivity contribution < 1.29 is 19.4 Å². The van der Waals surface area contributed by atoms with Crippen molar-refractivity contribution >= 4 is 12.0 Å². The van der Waals surface area contributed by atoms with E-state index in [-0.39, 0.29) is 0 Å². The molecule has 0 atom stereocenters. The minimum atomic E-state index is -1.01. The van der Waals surface area contributed by atoms with E-state index in [1.807, 2.05) is 6.92 Å². The van der Waals surface area contributed by atoms with Crippen LogP contribution in [0.2, 0.25) is 0 Å². The Morgan fingerprint density at radius 1 is 1.40 bits per heavy atom. The largest absolute Gasteiger partial charge is 0.493 e. The van der Waals surface area contributed by atoms with Crippen LogP contribution in [0.3, 0.4) is 0 Å². The van der Waals surface area contributed by atoms with Crippen molar-refractivity contribution in [2.75, 3.05) is 13.2 Å². The molecule has 4 nitrogen and oxygen atoms in total. The van der Waals surface area contributed by atoms with Gasteiger partial charge >= 0.3 is 5.97 Å². The molecule has 0 aliphatic carbocycles. The highest BCUT2D eigenvalue weighted by Gasteiger charge is 2.04. The van der Waals surface area contributed by atoms with Gasteiger partial charge in [-0.1, -0.05) is 6.92 Å². The van der Waals surface area contributed by atoms with Gasteiger partial charge in [0.15, 0.2) is 0 Å². The summed E-state index contributed by atoms with van der Waals surface area (Å²) in [5.41, 5.74) is 0.674.